The summed E-state index contributed by atoms with van der Waals surface area (Å²) < 4.78 is 1.98. The minimum atomic E-state index is -0.409. The number of nitro benzene ring substituents is 1. The molecule has 1 aliphatic rings. The summed E-state index contributed by atoms with van der Waals surface area (Å²) in [5.41, 5.74) is 2.60. The molecule has 4 rings (SSSR count). The lowest BCUT2D eigenvalue weighted by molar-refractivity contribution is -0.384. The molecule has 1 fully saturated rings. The molecule has 1 aromatic heterocycles. The normalized spacial score (nSPS) is 14.5. The highest BCUT2D eigenvalue weighted by molar-refractivity contribution is 6.04. The molecule has 0 atom stereocenters. The number of nitrogens with one attached hydrogen (secondary N) is 1. The summed E-state index contributed by atoms with van der Waals surface area (Å²) in [5.74, 6) is -0.343. The second-order valence-corrected chi connectivity index (χ2v) is 7.78. The SMILES string of the molecule is N#C/C(=C/c1cn(Cc2cccc([N+](=O)[O-])c2)c2ccccc12)C(=O)NC1CCCC1. The molecule has 0 radical (unpaired) electrons. The molecule has 1 aliphatic carbocycles. The van der Waals surface area contributed by atoms with Crippen LogP contribution < -0.4 is 5.32 Å². The van der Waals surface area contributed by atoms with Crippen molar-refractivity contribution in [2.75, 3.05) is 0 Å². The largest absolute Gasteiger partial charge is 0.349 e. The molecule has 0 bridgehead atoms. The van der Waals surface area contributed by atoms with E-state index in [1.807, 2.05) is 47.2 Å². The molecule has 1 heterocycles. The Hall–Kier alpha value is -3.92. The van der Waals surface area contributed by atoms with Gasteiger partial charge in [-0.2, -0.15) is 5.26 Å². The zero-order chi connectivity index (χ0) is 21.8. The van der Waals surface area contributed by atoms with E-state index in [9.17, 15) is 20.2 Å². The summed E-state index contributed by atoms with van der Waals surface area (Å²) in [7, 11) is 0. The third-order valence-corrected chi connectivity index (χ3v) is 5.65. The Balaban J connectivity index is 1.66. The summed E-state index contributed by atoms with van der Waals surface area (Å²) in [6.07, 6.45) is 7.60. The molecule has 3 aromatic rings. The van der Waals surface area contributed by atoms with Crippen LogP contribution in [0.2, 0.25) is 0 Å². The monoisotopic (exact) mass is 414 g/mol. The summed E-state index contributed by atoms with van der Waals surface area (Å²) in [6, 6.07) is 16.4. The number of fused-ring (bicyclic) bond motifs is 1. The average molecular weight is 414 g/mol. The fourth-order valence-corrected chi connectivity index (χ4v) is 4.12. The second-order valence-electron chi connectivity index (χ2n) is 7.78. The molecule has 1 amide bonds. The molecule has 156 valence electrons. The Morgan fingerprint density at radius 3 is 2.74 bits per heavy atom. The molecule has 2 aromatic carbocycles. The van der Waals surface area contributed by atoms with E-state index in [4.69, 9.17) is 0 Å². The maximum Gasteiger partial charge on any atom is 0.269 e. The van der Waals surface area contributed by atoms with Gasteiger partial charge in [0.25, 0.3) is 11.6 Å². The van der Waals surface area contributed by atoms with Gasteiger partial charge in [-0.15, -0.1) is 0 Å². The molecule has 7 heteroatoms. The highest BCUT2D eigenvalue weighted by Gasteiger charge is 2.20. The molecule has 0 unspecified atom stereocenters. The van der Waals surface area contributed by atoms with E-state index in [-0.39, 0.29) is 23.2 Å². The third kappa shape index (κ3) is 4.48. The quantitative estimate of drug-likeness (QED) is 0.276. The number of para-hydroxylation sites is 1. The lowest BCUT2D eigenvalue weighted by Gasteiger charge is -2.10. The van der Waals surface area contributed by atoms with Gasteiger partial charge < -0.3 is 9.88 Å². The maximum absolute atomic E-state index is 12.6. The summed E-state index contributed by atoms with van der Waals surface area (Å²) in [5, 5.41) is 24.5. The number of nitriles is 1. The molecule has 0 saturated heterocycles. The van der Waals surface area contributed by atoms with Crippen LogP contribution in [0.15, 0.2) is 60.3 Å². The Kier molecular flexibility index (Phi) is 5.80. The van der Waals surface area contributed by atoms with Gasteiger partial charge in [-0.25, -0.2) is 0 Å². The number of carbonyl (C=O) groups excluding carboxylic acids is 1. The molecule has 31 heavy (non-hydrogen) atoms. The predicted molar refractivity (Wildman–Crippen MR) is 118 cm³/mol. The van der Waals surface area contributed by atoms with Crippen LogP contribution in [-0.4, -0.2) is 21.4 Å². The fraction of sp³-hybridized carbons (Fsp3) is 0.250. The second kappa shape index (κ2) is 8.84. The van der Waals surface area contributed by atoms with E-state index in [0.29, 0.717) is 6.54 Å². The highest BCUT2D eigenvalue weighted by atomic mass is 16.6. The van der Waals surface area contributed by atoms with E-state index >= 15 is 0 Å². The van der Waals surface area contributed by atoms with Crippen molar-refractivity contribution in [3.8, 4) is 6.07 Å². The van der Waals surface area contributed by atoms with Crippen LogP contribution >= 0.6 is 0 Å². The topological polar surface area (TPSA) is 101 Å². The zero-order valence-electron chi connectivity index (χ0n) is 17.0. The van der Waals surface area contributed by atoms with E-state index in [1.54, 1.807) is 18.2 Å². The van der Waals surface area contributed by atoms with Gasteiger partial charge in [0.15, 0.2) is 0 Å². The van der Waals surface area contributed by atoms with Crippen LogP contribution in [0.5, 0.6) is 0 Å². The highest BCUT2D eigenvalue weighted by Crippen LogP contribution is 2.26. The Morgan fingerprint density at radius 2 is 2.00 bits per heavy atom. The van der Waals surface area contributed by atoms with E-state index < -0.39 is 4.92 Å². The van der Waals surface area contributed by atoms with Crippen molar-refractivity contribution < 1.29 is 9.72 Å². The van der Waals surface area contributed by atoms with Crippen molar-refractivity contribution in [3.63, 3.8) is 0 Å². The van der Waals surface area contributed by atoms with E-state index in [1.165, 1.54) is 6.07 Å². The van der Waals surface area contributed by atoms with Gasteiger partial charge in [-0.1, -0.05) is 43.2 Å². The van der Waals surface area contributed by atoms with Gasteiger partial charge >= 0.3 is 0 Å². The number of carbonyl (C=O) groups is 1. The molecule has 7 nitrogen and oxygen atoms in total. The number of aromatic nitrogens is 1. The Labute approximate surface area is 179 Å². The first-order valence-corrected chi connectivity index (χ1v) is 10.3. The van der Waals surface area contributed by atoms with Gasteiger partial charge in [0.05, 0.1) is 4.92 Å². The number of hydrogen-bond acceptors (Lipinski definition) is 4. The molecular weight excluding hydrogens is 392 g/mol. The lowest BCUT2D eigenvalue weighted by Crippen LogP contribution is -2.33. The van der Waals surface area contributed by atoms with Crippen LogP contribution in [0.25, 0.3) is 17.0 Å². The molecule has 0 spiro atoms. The third-order valence-electron chi connectivity index (χ3n) is 5.65. The number of rotatable bonds is 6. The summed E-state index contributed by atoms with van der Waals surface area (Å²) in [4.78, 5) is 23.3. The number of benzene rings is 2. The lowest BCUT2D eigenvalue weighted by atomic mass is 10.1. The smallest absolute Gasteiger partial charge is 0.269 e. The maximum atomic E-state index is 12.6. The minimum Gasteiger partial charge on any atom is -0.349 e. The summed E-state index contributed by atoms with van der Waals surface area (Å²) >= 11 is 0. The van der Waals surface area contributed by atoms with Gasteiger partial charge in [0.1, 0.15) is 11.6 Å². The number of nitro groups is 1. The van der Waals surface area contributed by atoms with Crippen LogP contribution in [0, 0.1) is 21.4 Å². The van der Waals surface area contributed by atoms with E-state index in [2.05, 4.69) is 5.32 Å². The molecule has 1 saturated carbocycles. The number of amides is 1. The van der Waals surface area contributed by atoms with Gasteiger partial charge in [0, 0.05) is 47.4 Å². The van der Waals surface area contributed by atoms with Gasteiger partial charge in [0.2, 0.25) is 0 Å². The van der Waals surface area contributed by atoms with Crippen LogP contribution in [-0.2, 0) is 11.3 Å². The molecule has 0 aliphatic heterocycles. The van der Waals surface area contributed by atoms with Crippen LogP contribution in [0.3, 0.4) is 0 Å². The van der Waals surface area contributed by atoms with E-state index in [0.717, 1.165) is 47.7 Å². The molecule has 1 N–H and O–H groups in total. The number of non-ortho nitro benzene ring substituents is 1. The molecular formula is C24H22N4O3. The number of nitrogens with zero attached hydrogens (tertiary/aromatic N) is 3. The first-order valence-electron chi connectivity index (χ1n) is 10.3. The van der Waals surface area contributed by atoms with Crippen LogP contribution in [0.4, 0.5) is 5.69 Å². The van der Waals surface area contributed by atoms with Gasteiger partial charge in [-0.05, 0) is 30.5 Å². The standard InChI is InChI=1S/C24H22N4O3/c25-14-18(24(29)26-20-7-1-2-8-20)13-19-16-27(23-11-4-3-10-22(19)23)15-17-6-5-9-21(12-17)28(30)31/h3-6,9-13,16,20H,1-2,7-8,15H2,(H,26,29)/b18-13-. The predicted octanol–water partition coefficient (Wildman–Crippen LogP) is 4.56. The van der Waals surface area contributed by atoms with Crippen molar-refractivity contribution >= 4 is 28.6 Å². The summed E-state index contributed by atoms with van der Waals surface area (Å²) in [6.45, 7) is 0.437. The van der Waals surface area contributed by atoms with Crippen molar-refractivity contribution in [1.29, 1.82) is 5.26 Å². The van der Waals surface area contributed by atoms with Crippen LogP contribution in [0.1, 0.15) is 36.8 Å². The zero-order valence-corrected chi connectivity index (χ0v) is 17.0. The van der Waals surface area contributed by atoms with Crippen molar-refractivity contribution in [2.45, 2.75) is 38.3 Å². The van der Waals surface area contributed by atoms with Gasteiger partial charge in [-0.3, -0.25) is 14.9 Å². The van der Waals surface area contributed by atoms with Crippen molar-refractivity contribution in [1.82, 2.24) is 9.88 Å². The van der Waals surface area contributed by atoms with Crippen molar-refractivity contribution in [2.24, 2.45) is 0 Å². The average Bonchev–Trinajstić information content (AvgIpc) is 3.40. The Bertz CT molecular complexity index is 1210. The first kappa shape index (κ1) is 20.4. The van der Waals surface area contributed by atoms with Crippen molar-refractivity contribution in [3.05, 3.63) is 81.5 Å². The number of hydrogen-bond donors (Lipinski definition) is 1. The fourth-order valence-electron chi connectivity index (χ4n) is 4.12. The first-order chi connectivity index (χ1) is 15.0. The minimum absolute atomic E-state index is 0.0458. The Morgan fingerprint density at radius 1 is 1.23 bits per heavy atom.